The topological polar surface area (TPSA) is 94.8 Å². The van der Waals surface area contributed by atoms with Gasteiger partial charge in [0.15, 0.2) is 6.61 Å². The lowest BCUT2D eigenvalue weighted by Crippen LogP contribution is -2.43. The fraction of sp³-hybridized carbons (Fsp3) is 0.444. The van der Waals surface area contributed by atoms with Crippen LogP contribution >= 0.6 is 0 Å². The summed E-state index contributed by atoms with van der Waals surface area (Å²) in [6.45, 7) is 2.90. The van der Waals surface area contributed by atoms with E-state index in [9.17, 15) is 9.59 Å². The maximum Gasteiger partial charge on any atom is 0.397 e. The monoisotopic (exact) mass is 359 g/mol. The second-order valence-electron chi connectivity index (χ2n) is 5.95. The number of rotatable bonds is 5. The van der Waals surface area contributed by atoms with E-state index in [1.165, 1.54) is 4.90 Å². The van der Waals surface area contributed by atoms with Crippen molar-refractivity contribution in [3.63, 3.8) is 0 Å². The molecule has 3 rings (SSSR count). The van der Waals surface area contributed by atoms with Crippen LogP contribution in [0.5, 0.6) is 5.75 Å². The fourth-order valence-corrected chi connectivity index (χ4v) is 2.84. The molecule has 8 heteroatoms. The van der Waals surface area contributed by atoms with Crippen LogP contribution in [0.3, 0.4) is 0 Å². The van der Waals surface area contributed by atoms with Crippen molar-refractivity contribution in [2.75, 3.05) is 19.7 Å². The van der Waals surface area contributed by atoms with Gasteiger partial charge in [0, 0.05) is 13.1 Å². The molecule has 1 atom stereocenters. The van der Waals surface area contributed by atoms with E-state index in [-0.39, 0.29) is 19.1 Å². The summed E-state index contributed by atoms with van der Waals surface area (Å²) in [5, 5.41) is 8.08. The number of carbonyl (C=O) groups excluding carboxylic acids is 2. The Kier molecular flexibility index (Phi) is 5.83. The van der Waals surface area contributed by atoms with Crippen molar-refractivity contribution in [2.24, 2.45) is 0 Å². The molecule has 1 aliphatic rings. The first-order valence-electron chi connectivity index (χ1n) is 8.63. The molecule has 0 spiro atoms. The zero-order chi connectivity index (χ0) is 18.4. The number of aromatic nitrogens is 2. The van der Waals surface area contributed by atoms with Crippen molar-refractivity contribution in [2.45, 2.75) is 32.3 Å². The van der Waals surface area contributed by atoms with Crippen LogP contribution in [0.1, 0.15) is 37.5 Å². The third kappa shape index (κ3) is 4.38. The summed E-state index contributed by atoms with van der Waals surface area (Å²) in [6.07, 6.45) is 1.57. The molecule has 1 saturated heterocycles. The van der Waals surface area contributed by atoms with Gasteiger partial charge in [-0.1, -0.05) is 18.2 Å². The summed E-state index contributed by atoms with van der Waals surface area (Å²) in [5.74, 6) is 0.00581. The van der Waals surface area contributed by atoms with Gasteiger partial charge in [0.25, 0.3) is 5.89 Å². The Balaban J connectivity index is 1.58. The van der Waals surface area contributed by atoms with Crippen molar-refractivity contribution < 1.29 is 23.5 Å². The zero-order valence-corrected chi connectivity index (χ0v) is 14.6. The third-order valence-corrected chi connectivity index (χ3v) is 4.10. The number of nitrogens with zero attached hydrogens (tertiary/aromatic N) is 3. The summed E-state index contributed by atoms with van der Waals surface area (Å²) in [6, 6.07) is 9.36. The molecule has 138 valence electrons. The van der Waals surface area contributed by atoms with Crippen molar-refractivity contribution >= 4 is 11.9 Å². The van der Waals surface area contributed by atoms with E-state index in [2.05, 4.69) is 10.2 Å². The van der Waals surface area contributed by atoms with Crippen LogP contribution in [-0.4, -0.2) is 46.7 Å². The normalized spacial score (nSPS) is 17.0. The van der Waals surface area contributed by atoms with Gasteiger partial charge in [-0.15, -0.1) is 10.2 Å². The standard InChI is InChI=1S/C18H21N3O5/c1-2-24-18(23)17(22)21-10-6-7-13(11-21)16-20-19-15(26-16)12-25-14-8-4-3-5-9-14/h3-5,8-9,13H,2,6-7,10-12H2,1H3. The predicted octanol–water partition coefficient (Wildman–Crippen LogP) is 1.92. The Morgan fingerprint density at radius 3 is 2.85 bits per heavy atom. The summed E-state index contributed by atoms with van der Waals surface area (Å²) >= 11 is 0. The molecule has 1 amide bonds. The van der Waals surface area contributed by atoms with Crippen LogP contribution in [0, 0.1) is 0 Å². The van der Waals surface area contributed by atoms with Crippen LogP contribution in [0.25, 0.3) is 0 Å². The van der Waals surface area contributed by atoms with E-state index in [0.717, 1.165) is 18.6 Å². The van der Waals surface area contributed by atoms with E-state index < -0.39 is 11.9 Å². The lowest BCUT2D eigenvalue weighted by Gasteiger charge is -2.30. The average Bonchev–Trinajstić information content (AvgIpc) is 3.16. The molecule has 2 aromatic rings. The van der Waals surface area contributed by atoms with Crippen molar-refractivity contribution in [1.82, 2.24) is 15.1 Å². The Morgan fingerprint density at radius 2 is 2.08 bits per heavy atom. The van der Waals surface area contributed by atoms with Crippen LogP contribution < -0.4 is 4.74 Å². The molecule has 26 heavy (non-hydrogen) atoms. The predicted molar refractivity (Wildman–Crippen MR) is 90.3 cm³/mol. The number of hydrogen-bond donors (Lipinski definition) is 0. The highest BCUT2D eigenvalue weighted by Crippen LogP contribution is 2.26. The highest BCUT2D eigenvalue weighted by Gasteiger charge is 2.31. The molecule has 1 aliphatic heterocycles. The largest absolute Gasteiger partial charge is 0.484 e. The average molecular weight is 359 g/mol. The second-order valence-corrected chi connectivity index (χ2v) is 5.95. The maximum absolute atomic E-state index is 12.1. The maximum atomic E-state index is 12.1. The molecule has 1 unspecified atom stereocenters. The van der Waals surface area contributed by atoms with Gasteiger partial charge in [-0.05, 0) is 31.9 Å². The minimum absolute atomic E-state index is 0.0971. The lowest BCUT2D eigenvalue weighted by atomic mass is 9.98. The quantitative estimate of drug-likeness (QED) is 0.594. The number of esters is 1. The van der Waals surface area contributed by atoms with Gasteiger partial charge in [-0.25, -0.2) is 4.79 Å². The fourth-order valence-electron chi connectivity index (χ4n) is 2.84. The number of hydrogen-bond acceptors (Lipinski definition) is 7. The van der Waals surface area contributed by atoms with Gasteiger partial charge in [0.05, 0.1) is 12.5 Å². The smallest absolute Gasteiger partial charge is 0.397 e. The third-order valence-electron chi connectivity index (χ3n) is 4.10. The zero-order valence-electron chi connectivity index (χ0n) is 14.6. The molecular weight excluding hydrogens is 338 g/mol. The molecular formula is C18H21N3O5. The number of benzene rings is 1. The molecule has 0 saturated carbocycles. The van der Waals surface area contributed by atoms with Crippen LogP contribution in [-0.2, 0) is 20.9 Å². The first-order chi connectivity index (χ1) is 12.7. The van der Waals surface area contributed by atoms with E-state index >= 15 is 0 Å². The number of piperidine rings is 1. The molecule has 1 aromatic carbocycles. The molecule has 2 heterocycles. The summed E-state index contributed by atoms with van der Waals surface area (Å²) < 4.78 is 16.0. The molecule has 8 nitrogen and oxygen atoms in total. The van der Waals surface area contributed by atoms with Crippen LogP contribution in [0.15, 0.2) is 34.7 Å². The van der Waals surface area contributed by atoms with Gasteiger partial charge >= 0.3 is 11.9 Å². The van der Waals surface area contributed by atoms with E-state index in [1.54, 1.807) is 6.92 Å². The SMILES string of the molecule is CCOC(=O)C(=O)N1CCCC(c2nnc(COc3ccccc3)o2)C1. The van der Waals surface area contributed by atoms with Crippen molar-refractivity contribution in [3.05, 3.63) is 42.1 Å². The highest BCUT2D eigenvalue weighted by atomic mass is 16.5. The summed E-state index contributed by atoms with van der Waals surface area (Å²) in [7, 11) is 0. The molecule has 0 N–H and O–H groups in total. The van der Waals surface area contributed by atoms with Gasteiger partial charge in [-0.3, -0.25) is 4.79 Å². The Labute approximate surface area is 151 Å². The van der Waals surface area contributed by atoms with E-state index in [4.69, 9.17) is 13.9 Å². The Hall–Kier alpha value is -2.90. The molecule has 1 aromatic heterocycles. The van der Waals surface area contributed by atoms with Crippen molar-refractivity contribution in [1.29, 1.82) is 0 Å². The van der Waals surface area contributed by atoms with Crippen LogP contribution in [0.2, 0.25) is 0 Å². The highest BCUT2D eigenvalue weighted by molar-refractivity contribution is 6.32. The number of carbonyl (C=O) groups is 2. The Bertz CT molecular complexity index is 746. The van der Waals surface area contributed by atoms with Crippen LogP contribution in [0.4, 0.5) is 0 Å². The minimum Gasteiger partial charge on any atom is -0.484 e. The molecule has 0 bridgehead atoms. The number of amides is 1. The van der Waals surface area contributed by atoms with E-state index in [0.29, 0.717) is 24.9 Å². The summed E-state index contributed by atoms with van der Waals surface area (Å²) in [4.78, 5) is 25.2. The van der Waals surface area contributed by atoms with Gasteiger partial charge < -0.3 is 18.8 Å². The number of para-hydroxylation sites is 1. The van der Waals surface area contributed by atoms with Crippen molar-refractivity contribution in [3.8, 4) is 5.75 Å². The lowest BCUT2D eigenvalue weighted by molar-refractivity contribution is -0.160. The Morgan fingerprint density at radius 1 is 1.27 bits per heavy atom. The molecule has 0 aliphatic carbocycles. The van der Waals surface area contributed by atoms with Gasteiger partial charge in [-0.2, -0.15) is 0 Å². The first kappa shape index (κ1) is 17.9. The van der Waals surface area contributed by atoms with E-state index in [1.807, 2.05) is 30.3 Å². The van der Waals surface area contributed by atoms with Gasteiger partial charge in [0.1, 0.15) is 5.75 Å². The first-order valence-corrected chi connectivity index (χ1v) is 8.63. The molecule has 1 fully saturated rings. The molecule has 0 radical (unpaired) electrons. The number of ether oxygens (including phenoxy) is 2. The minimum atomic E-state index is -0.823. The second kappa shape index (κ2) is 8.46. The van der Waals surface area contributed by atoms with Gasteiger partial charge in [0.2, 0.25) is 5.89 Å². The summed E-state index contributed by atoms with van der Waals surface area (Å²) in [5.41, 5.74) is 0. The number of likely N-dealkylation sites (tertiary alicyclic amines) is 1.